The Kier molecular flexibility index (Phi) is 7.25. The van der Waals surface area contributed by atoms with Gasteiger partial charge in [0.15, 0.2) is 11.5 Å². The summed E-state index contributed by atoms with van der Waals surface area (Å²) in [4.78, 5) is 28.5. The van der Waals surface area contributed by atoms with Crippen molar-refractivity contribution >= 4 is 23.1 Å². The lowest BCUT2D eigenvalue weighted by atomic mass is 9.94. The van der Waals surface area contributed by atoms with Crippen LogP contribution >= 0.6 is 0 Å². The van der Waals surface area contributed by atoms with Gasteiger partial charge in [-0.1, -0.05) is 23.8 Å². The Labute approximate surface area is 216 Å². The standard InChI is InChI=1S/C30H31NO6/c1-7-37-25-16-20(10-13-24(25)36-6)27-26(28(32)22-14-17(2)8-12-23(22)35-5)29(33)30(34)31(27)21-11-9-18(3)19(4)15-21/h8-16,27,32H,7H2,1-6H3/b28-26+. The second-order valence-corrected chi connectivity index (χ2v) is 8.98. The maximum atomic E-state index is 13.6. The zero-order chi connectivity index (χ0) is 26.9. The predicted octanol–water partition coefficient (Wildman–Crippen LogP) is 5.65. The van der Waals surface area contributed by atoms with E-state index in [0.29, 0.717) is 40.7 Å². The molecule has 192 valence electrons. The molecule has 1 aliphatic rings. The molecule has 7 heteroatoms. The molecule has 0 aromatic heterocycles. The number of Topliss-reactive ketones (excluding diaryl/α,β-unsaturated/α-hetero) is 1. The second kappa shape index (κ2) is 10.4. The van der Waals surface area contributed by atoms with Gasteiger partial charge in [-0.2, -0.15) is 0 Å². The first kappa shape index (κ1) is 25.8. The minimum absolute atomic E-state index is 0.0280. The van der Waals surface area contributed by atoms with Gasteiger partial charge in [-0.05, 0) is 80.8 Å². The lowest BCUT2D eigenvalue weighted by Crippen LogP contribution is -2.29. The first-order chi connectivity index (χ1) is 17.7. The third kappa shape index (κ3) is 4.65. The topological polar surface area (TPSA) is 85.3 Å². The van der Waals surface area contributed by atoms with E-state index in [1.54, 1.807) is 43.5 Å². The molecule has 1 saturated heterocycles. The highest BCUT2D eigenvalue weighted by molar-refractivity contribution is 6.51. The Morgan fingerprint density at radius 2 is 1.57 bits per heavy atom. The van der Waals surface area contributed by atoms with Crippen molar-refractivity contribution in [1.29, 1.82) is 0 Å². The number of carbonyl (C=O) groups is 2. The summed E-state index contributed by atoms with van der Waals surface area (Å²) >= 11 is 0. The van der Waals surface area contributed by atoms with Crippen LogP contribution in [-0.2, 0) is 9.59 Å². The molecule has 7 nitrogen and oxygen atoms in total. The van der Waals surface area contributed by atoms with Crippen LogP contribution in [0, 0.1) is 20.8 Å². The maximum Gasteiger partial charge on any atom is 0.300 e. The number of rotatable bonds is 7. The van der Waals surface area contributed by atoms with Gasteiger partial charge in [-0.15, -0.1) is 0 Å². The lowest BCUT2D eigenvalue weighted by molar-refractivity contribution is -0.132. The minimum Gasteiger partial charge on any atom is -0.507 e. The van der Waals surface area contributed by atoms with Crippen LogP contribution in [0.15, 0.2) is 60.2 Å². The predicted molar refractivity (Wildman–Crippen MR) is 143 cm³/mol. The number of carbonyl (C=O) groups excluding carboxylic acids is 2. The average molecular weight is 502 g/mol. The van der Waals surface area contributed by atoms with Gasteiger partial charge in [-0.3, -0.25) is 14.5 Å². The van der Waals surface area contributed by atoms with E-state index in [1.807, 2.05) is 45.9 Å². The molecule has 1 fully saturated rings. The number of aryl methyl sites for hydroxylation is 3. The molecule has 0 bridgehead atoms. The summed E-state index contributed by atoms with van der Waals surface area (Å²) in [5.74, 6) is -0.420. The SMILES string of the molecule is CCOc1cc(C2/C(=C(\O)c3cc(C)ccc3OC)C(=O)C(=O)N2c2ccc(C)c(C)c2)ccc1OC. The molecule has 1 atom stereocenters. The molecule has 0 spiro atoms. The number of nitrogens with zero attached hydrogens (tertiary/aromatic N) is 1. The van der Waals surface area contributed by atoms with Crippen molar-refractivity contribution in [3.63, 3.8) is 0 Å². The van der Waals surface area contributed by atoms with Crippen molar-refractivity contribution in [2.24, 2.45) is 0 Å². The van der Waals surface area contributed by atoms with Crippen molar-refractivity contribution in [1.82, 2.24) is 0 Å². The number of aliphatic hydroxyl groups excluding tert-OH is 1. The number of anilines is 1. The van der Waals surface area contributed by atoms with E-state index in [-0.39, 0.29) is 11.3 Å². The van der Waals surface area contributed by atoms with Crippen LogP contribution in [0.1, 0.15) is 40.8 Å². The quantitative estimate of drug-likeness (QED) is 0.256. The van der Waals surface area contributed by atoms with E-state index in [0.717, 1.165) is 16.7 Å². The van der Waals surface area contributed by atoms with Gasteiger partial charge in [0.2, 0.25) is 0 Å². The van der Waals surface area contributed by atoms with Crippen molar-refractivity contribution in [3.8, 4) is 17.2 Å². The van der Waals surface area contributed by atoms with E-state index in [9.17, 15) is 14.7 Å². The molecule has 1 N–H and O–H groups in total. The van der Waals surface area contributed by atoms with Crippen LogP contribution in [0.25, 0.3) is 5.76 Å². The molecular weight excluding hydrogens is 470 g/mol. The number of ether oxygens (including phenoxy) is 3. The summed E-state index contributed by atoms with van der Waals surface area (Å²) in [5.41, 5.74) is 4.36. The third-order valence-electron chi connectivity index (χ3n) is 6.63. The smallest absolute Gasteiger partial charge is 0.300 e. The minimum atomic E-state index is -0.905. The van der Waals surface area contributed by atoms with Crippen LogP contribution in [0.5, 0.6) is 17.2 Å². The van der Waals surface area contributed by atoms with Gasteiger partial charge in [0.05, 0.1) is 38.0 Å². The average Bonchev–Trinajstić information content (AvgIpc) is 3.15. The Bertz CT molecular complexity index is 1410. The number of methoxy groups -OCH3 is 2. The molecule has 1 heterocycles. The Morgan fingerprint density at radius 3 is 2.22 bits per heavy atom. The maximum absolute atomic E-state index is 13.6. The summed E-state index contributed by atoms with van der Waals surface area (Å²) in [7, 11) is 3.03. The highest BCUT2D eigenvalue weighted by Crippen LogP contribution is 2.45. The van der Waals surface area contributed by atoms with Crippen molar-refractivity contribution in [2.75, 3.05) is 25.7 Å². The van der Waals surface area contributed by atoms with Gasteiger partial charge in [0.25, 0.3) is 11.7 Å². The normalized spacial score (nSPS) is 16.7. The molecule has 0 aliphatic carbocycles. The molecule has 1 amide bonds. The zero-order valence-corrected chi connectivity index (χ0v) is 21.9. The number of benzene rings is 3. The molecule has 0 saturated carbocycles. The number of aliphatic hydroxyl groups is 1. The van der Waals surface area contributed by atoms with Crippen LogP contribution in [0.2, 0.25) is 0 Å². The van der Waals surface area contributed by atoms with Crippen LogP contribution in [-0.4, -0.2) is 37.6 Å². The second-order valence-electron chi connectivity index (χ2n) is 8.98. The fourth-order valence-corrected chi connectivity index (χ4v) is 4.57. The van der Waals surface area contributed by atoms with E-state index in [1.165, 1.54) is 12.0 Å². The number of ketones is 1. The Hall–Kier alpha value is -4.26. The summed E-state index contributed by atoms with van der Waals surface area (Å²) in [6.45, 7) is 8.06. The molecule has 37 heavy (non-hydrogen) atoms. The number of hydrogen-bond acceptors (Lipinski definition) is 6. The molecule has 3 aromatic rings. The zero-order valence-electron chi connectivity index (χ0n) is 21.9. The van der Waals surface area contributed by atoms with Gasteiger partial charge in [0, 0.05) is 5.69 Å². The van der Waals surface area contributed by atoms with Crippen molar-refractivity contribution in [2.45, 2.75) is 33.7 Å². The van der Waals surface area contributed by atoms with E-state index in [2.05, 4.69) is 0 Å². The summed E-state index contributed by atoms with van der Waals surface area (Å²) in [6, 6.07) is 15.2. The Morgan fingerprint density at radius 1 is 0.865 bits per heavy atom. The van der Waals surface area contributed by atoms with Crippen LogP contribution in [0.4, 0.5) is 5.69 Å². The molecule has 4 rings (SSSR count). The summed E-state index contributed by atoms with van der Waals surface area (Å²) in [6.07, 6.45) is 0. The van der Waals surface area contributed by atoms with Gasteiger partial charge in [-0.25, -0.2) is 0 Å². The molecule has 1 unspecified atom stereocenters. The summed E-state index contributed by atoms with van der Waals surface area (Å²) in [5, 5.41) is 11.6. The van der Waals surface area contributed by atoms with E-state index in [4.69, 9.17) is 14.2 Å². The number of hydrogen-bond donors (Lipinski definition) is 1. The molecule has 0 radical (unpaired) electrons. The monoisotopic (exact) mass is 501 g/mol. The van der Waals surface area contributed by atoms with Crippen molar-refractivity contribution in [3.05, 3.63) is 88.0 Å². The van der Waals surface area contributed by atoms with Crippen LogP contribution < -0.4 is 19.1 Å². The Balaban J connectivity index is 2.01. The van der Waals surface area contributed by atoms with Gasteiger partial charge < -0.3 is 19.3 Å². The molecular formula is C30H31NO6. The first-order valence-electron chi connectivity index (χ1n) is 12.1. The lowest BCUT2D eigenvalue weighted by Gasteiger charge is -2.27. The number of amides is 1. The fourth-order valence-electron chi connectivity index (χ4n) is 4.57. The van der Waals surface area contributed by atoms with Crippen LogP contribution in [0.3, 0.4) is 0 Å². The third-order valence-corrected chi connectivity index (χ3v) is 6.63. The summed E-state index contributed by atoms with van der Waals surface area (Å²) < 4.78 is 16.7. The molecule has 1 aliphatic heterocycles. The largest absolute Gasteiger partial charge is 0.507 e. The highest BCUT2D eigenvalue weighted by atomic mass is 16.5. The molecule has 3 aromatic carbocycles. The fraction of sp³-hybridized carbons (Fsp3) is 0.267. The van der Waals surface area contributed by atoms with E-state index < -0.39 is 17.7 Å². The van der Waals surface area contributed by atoms with Gasteiger partial charge in [0.1, 0.15) is 11.5 Å². The van der Waals surface area contributed by atoms with Crippen molar-refractivity contribution < 1.29 is 28.9 Å². The van der Waals surface area contributed by atoms with Gasteiger partial charge >= 0.3 is 0 Å². The highest BCUT2D eigenvalue weighted by Gasteiger charge is 2.47. The van der Waals surface area contributed by atoms with E-state index >= 15 is 0 Å². The first-order valence-corrected chi connectivity index (χ1v) is 12.1.